The number of benzene rings is 2. The van der Waals surface area contributed by atoms with Crippen LogP contribution in [-0.2, 0) is 6.61 Å². The van der Waals surface area contributed by atoms with E-state index in [9.17, 15) is 0 Å². The smallest absolute Gasteiger partial charge is 0.143 e. The second-order valence-corrected chi connectivity index (χ2v) is 7.94. The van der Waals surface area contributed by atoms with Gasteiger partial charge in [0.05, 0.1) is 5.69 Å². The van der Waals surface area contributed by atoms with E-state index >= 15 is 0 Å². The number of fused-ring (bicyclic) bond motifs is 2. The summed E-state index contributed by atoms with van der Waals surface area (Å²) in [5.74, 6) is 0.973. The SMILES string of the molecule is C=CC(=C)CCN1CCC[C@@H]1CN1c2ccc(C)cc2COc2ccccc21. The Kier molecular flexibility index (Phi) is 5.54. The van der Waals surface area contributed by atoms with E-state index in [1.165, 1.54) is 41.9 Å². The van der Waals surface area contributed by atoms with Gasteiger partial charge in [-0.05, 0) is 50.9 Å². The van der Waals surface area contributed by atoms with E-state index in [1.54, 1.807) is 0 Å². The van der Waals surface area contributed by atoms with E-state index in [0.717, 1.165) is 30.8 Å². The highest BCUT2D eigenvalue weighted by Crippen LogP contribution is 2.40. The van der Waals surface area contributed by atoms with Crippen molar-refractivity contribution in [2.75, 3.05) is 24.5 Å². The quantitative estimate of drug-likeness (QED) is 0.610. The summed E-state index contributed by atoms with van der Waals surface area (Å²) in [6, 6.07) is 15.7. The van der Waals surface area contributed by atoms with Crippen molar-refractivity contribution in [1.29, 1.82) is 0 Å². The van der Waals surface area contributed by atoms with Gasteiger partial charge in [0, 0.05) is 30.4 Å². The molecule has 1 saturated heterocycles. The fraction of sp³-hybridized carbons (Fsp3) is 0.360. The van der Waals surface area contributed by atoms with Crippen LogP contribution in [0.2, 0.25) is 0 Å². The number of rotatable bonds is 6. The molecule has 0 aliphatic carbocycles. The molecule has 2 aliphatic heterocycles. The van der Waals surface area contributed by atoms with Gasteiger partial charge in [-0.2, -0.15) is 0 Å². The molecule has 2 aromatic carbocycles. The molecule has 146 valence electrons. The largest absolute Gasteiger partial charge is 0.487 e. The lowest BCUT2D eigenvalue weighted by molar-refractivity contribution is 0.262. The average molecular weight is 375 g/mol. The first-order chi connectivity index (χ1) is 13.7. The lowest BCUT2D eigenvalue weighted by Crippen LogP contribution is -2.39. The maximum absolute atomic E-state index is 6.17. The van der Waals surface area contributed by atoms with Crippen LogP contribution in [0, 0.1) is 6.92 Å². The van der Waals surface area contributed by atoms with E-state index in [0.29, 0.717) is 12.6 Å². The van der Waals surface area contributed by atoms with Crippen LogP contribution >= 0.6 is 0 Å². The van der Waals surface area contributed by atoms with Crippen LogP contribution in [0.5, 0.6) is 5.75 Å². The Morgan fingerprint density at radius 1 is 1.21 bits per heavy atom. The summed E-state index contributed by atoms with van der Waals surface area (Å²) >= 11 is 0. The Morgan fingerprint density at radius 2 is 2.07 bits per heavy atom. The molecule has 0 bridgehead atoms. The Hall–Kier alpha value is -2.52. The third-order valence-corrected chi connectivity index (χ3v) is 5.97. The molecule has 1 atom stereocenters. The van der Waals surface area contributed by atoms with Crippen LogP contribution in [0.15, 0.2) is 67.3 Å². The van der Waals surface area contributed by atoms with Crippen molar-refractivity contribution >= 4 is 11.4 Å². The number of hydrogen-bond donors (Lipinski definition) is 0. The first kappa shape index (κ1) is 18.8. The number of aryl methyl sites for hydroxylation is 1. The Bertz CT molecular complexity index is 873. The first-order valence-electron chi connectivity index (χ1n) is 10.3. The summed E-state index contributed by atoms with van der Waals surface area (Å²) in [5, 5.41) is 0. The number of ether oxygens (including phenoxy) is 1. The summed E-state index contributed by atoms with van der Waals surface area (Å²) in [7, 11) is 0. The van der Waals surface area contributed by atoms with Gasteiger partial charge in [-0.25, -0.2) is 0 Å². The molecule has 0 spiro atoms. The van der Waals surface area contributed by atoms with E-state index in [-0.39, 0.29) is 0 Å². The Morgan fingerprint density at radius 3 is 2.93 bits per heavy atom. The molecule has 0 amide bonds. The zero-order valence-electron chi connectivity index (χ0n) is 16.9. The van der Waals surface area contributed by atoms with Crippen molar-refractivity contribution in [3.63, 3.8) is 0 Å². The third kappa shape index (κ3) is 3.85. The van der Waals surface area contributed by atoms with Gasteiger partial charge in [0.25, 0.3) is 0 Å². The topological polar surface area (TPSA) is 15.7 Å². The second kappa shape index (κ2) is 8.24. The van der Waals surface area contributed by atoms with E-state index < -0.39 is 0 Å². The van der Waals surface area contributed by atoms with Gasteiger partial charge in [0.15, 0.2) is 0 Å². The Labute approximate surface area is 168 Å². The zero-order chi connectivity index (χ0) is 19.5. The van der Waals surface area contributed by atoms with Crippen LogP contribution < -0.4 is 9.64 Å². The molecule has 3 heteroatoms. The van der Waals surface area contributed by atoms with Gasteiger partial charge < -0.3 is 9.64 Å². The minimum atomic E-state index is 0.540. The molecule has 0 unspecified atom stereocenters. The summed E-state index contributed by atoms with van der Waals surface area (Å²) in [6.45, 7) is 13.9. The van der Waals surface area contributed by atoms with Crippen molar-refractivity contribution in [2.24, 2.45) is 0 Å². The number of likely N-dealkylation sites (tertiary alicyclic amines) is 1. The Balaban J connectivity index is 1.63. The molecule has 28 heavy (non-hydrogen) atoms. The van der Waals surface area contributed by atoms with Crippen LogP contribution in [0.1, 0.15) is 30.4 Å². The highest BCUT2D eigenvalue weighted by molar-refractivity contribution is 5.73. The highest BCUT2D eigenvalue weighted by atomic mass is 16.5. The molecule has 4 rings (SSSR count). The van der Waals surface area contributed by atoms with Crippen LogP contribution in [0.3, 0.4) is 0 Å². The van der Waals surface area contributed by atoms with Crippen molar-refractivity contribution in [2.45, 2.75) is 38.8 Å². The standard InChI is InChI=1S/C25H30N2O/c1-4-19(2)13-15-26-14-7-8-22(26)17-27-23-12-11-20(3)16-21(23)18-28-25-10-6-5-9-24(25)27/h4-6,9-12,16,22H,1-2,7-8,13-15,17-18H2,3H3/t22-/m1/s1. The molecule has 0 saturated carbocycles. The van der Waals surface area contributed by atoms with Crippen LogP contribution in [-0.4, -0.2) is 30.6 Å². The molecule has 2 heterocycles. The fourth-order valence-electron chi connectivity index (χ4n) is 4.37. The van der Waals surface area contributed by atoms with E-state index in [4.69, 9.17) is 4.74 Å². The first-order valence-corrected chi connectivity index (χ1v) is 10.3. The van der Waals surface area contributed by atoms with Crippen LogP contribution in [0.4, 0.5) is 11.4 Å². The van der Waals surface area contributed by atoms with Crippen molar-refractivity contribution in [3.8, 4) is 5.75 Å². The minimum Gasteiger partial charge on any atom is -0.487 e. The van der Waals surface area contributed by atoms with E-state index in [2.05, 4.69) is 72.3 Å². The molecule has 0 radical (unpaired) electrons. The molecular weight excluding hydrogens is 344 g/mol. The molecule has 0 N–H and O–H groups in total. The number of nitrogens with zero attached hydrogens (tertiary/aromatic N) is 2. The second-order valence-electron chi connectivity index (χ2n) is 7.94. The van der Waals surface area contributed by atoms with Gasteiger partial charge in [-0.1, -0.05) is 54.6 Å². The molecule has 3 nitrogen and oxygen atoms in total. The summed E-state index contributed by atoms with van der Waals surface area (Å²) in [5.41, 5.74) is 6.12. The number of hydrogen-bond acceptors (Lipinski definition) is 3. The third-order valence-electron chi connectivity index (χ3n) is 5.97. The normalized spacial score (nSPS) is 18.8. The molecule has 0 aromatic heterocycles. The summed E-state index contributed by atoms with van der Waals surface area (Å²) < 4.78 is 6.17. The van der Waals surface area contributed by atoms with Crippen LogP contribution in [0.25, 0.3) is 0 Å². The fourth-order valence-corrected chi connectivity index (χ4v) is 4.37. The monoisotopic (exact) mass is 374 g/mol. The van der Waals surface area contributed by atoms with Crippen molar-refractivity contribution in [3.05, 3.63) is 78.4 Å². The minimum absolute atomic E-state index is 0.540. The predicted molar refractivity (Wildman–Crippen MR) is 118 cm³/mol. The molecule has 1 fully saturated rings. The average Bonchev–Trinajstić information content (AvgIpc) is 3.10. The molecule has 2 aromatic rings. The lowest BCUT2D eigenvalue weighted by Gasteiger charge is -2.33. The van der Waals surface area contributed by atoms with E-state index in [1.807, 2.05) is 6.08 Å². The number of anilines is 2. The molecular formula is C25H30N2O. The predicted octanol–water partition coefficient (Wildman–Crippen LogP) is 5.62. The van der Waals surface area contributed by atoms with Crippen molar-refractivity contribution < 1.29 is 4.74 Å². The number of para-hydroxylation sites is 2. The maximum atomic E-state index is 6.17. The van der Waals surface area contributed by atoms with Gasteiger partial charge >= 0.3 is 0 Å². The van der Waals surface area contributed by atoms with Gasteiger partial charge in [-0.3, -0.25) is 4.90 Å². The van der Waals surface area contributed by atoms with Gasteiger partial charge in [-0.15, -0.1) is 0 Å². The van der Waals surface area contributed by atoms with Gasteiger partial charge in [0.1, 0.15) is 12.4 Å². The lowest BCUT2D eigenvalue weighted by atomic mass is 10.1. The van der Waals surface area contributed by atoms with Gasteiger partial charge in [0.2, 0.25) is 0 Å². The number of allylic oxidation sites excluding steroid dienone is 1. The summed E-state index contributed by atoms with van der Waals surface area (Å²) in [6.07, 6.45) is 5.38. The zero-order valence-corrected chi connectivity index (χ0v) is 16.9. The molecule has 2 aliphatic rings. The van der Waals surface area contributed by atoms with Crippen molar-refractivity contribution in [1.82, 2.24) is 4.90 Å². The summed E-state index contributed by atoms with van der Waals surface area (Å²) in [4.78, 5) is 5.10. The highest BCUT2D eigenvalue weighted by Gasteiger charge is 2.29. The maximum Gasteiger partial charge on any atom is 0.143 e.